The van der Waals surface area contributed by atoms with Crippen molar-refractivity contribution in [2.75, 3.05) is 51.8 Å². The van der Waals surface area contributed by atoms with Crippen LogP contribution in [0.15, 0.2) is 24.3 Å². The zero-order valence-corrected chi connectivity index (χ0v) is 14.2. The Morgan fingerprint density at radius 1 is 1.32 bits per heavy atom. The molecule has 0 aromatic heterocycles. The van der Waals surface area contributed by atoms with Gasteiger partial charge in [0.15, 0.2) is 0 Å². The number of anilines is 1. The number of carboxylic acid groups (broad SMARTS) is 1. The number of nitrogens with zero attached hydrogens (tertiary/aromatic N) is 2. The lowest BCUT2D eigenvalue weighted by Crippen LogP contribution is -2.48. The molecule has 2 bridgehead atoms. The number of amides is 2. The number of fused-ring (bicyclic) bond motifs is 3. The Kier molecular flexibility index (Phi) is 5.40. The lowest BCUT2D eigenvalue weighted by Gasteiger charge is -2.30. The Labute approximate surface area is 146 Å². The maximum absolute atomic E-state index is 12.8. The van der Waals surface area contributed by atoms with Crippen molar-refractivity contribution in [3.05, 3.63) is 24.3 Å². The van der Waals surface area contributed by atoms with Gasteiger partial charge in [-0.25, -0.2) is 4.79 Å². The first-order valence-electron chi connectivity index (χ1n) is 8.28. The van der Waals surface area contributed by atoms with E-state index in [4.69, 9.17) is 14.6 Å². The molecular weight excluding hydrogens is 326 g/mol. The van der Waals surface area contributed by atoms with Gasteiger partial charge in [-0.05, 0) is 12.1 Å². The third-order valence-corrected chi connectivity index (χ3v) is 4.49. The van der Waals surface area contributed by atoms with Crippen LogP contribution in [0.4, 0.5) is 10.5 Å². The van der Waals surface area contributed by atoms with Gasteiger partial charge in [0.2, 0.25) is 0 Å². The molecule has 8 nitrogen and oxygen atoms in total. The molecule has 2 saturated heterocycles. The average Bonchev–Trinajstić information content (AvgIpc) is 2.85. The van der Waals surface area contributed by atoms with Gasteiger partial charge in [-0.2, -0.15) is 0 Å². The Bertz CT molecular complexity index is 638. The molecule has 0 unspecified atom stereocenters. The van der Waals surface area contributed by atoms with Crippen molar-refractivity contribution >= 4 is 17.7 Å². The summed E-state index contributed by atoms with van der Waals surface area (Å²) in [5.41, 5.74) is 0.659. The van der Waals surface area contributed by atoms with Gasteiger partial charge in [0, 0.05) is 37.3 Å². The summed E-state index contributed by atoms with van der Waals surface area (Å²) in [5.74, 6) is -0.0837. The van der Waals surface area contributed by atoms with Crippen molar-refractivity contribution in [1.29, 1.82) is 0 Å². The molecule has 0 spiro atoms. The molecule has 136 valence electrons. The summed E-state index contributed by atoms with van der Waals surface area (Å²) in [6, 6.07) is 6.81. The van der Waals surface area contributed by atoms with Crippen LogP contribution in [0.3, 0.4) is 0 Å². The third-order valence-electron chi connectivity index (χ3n) is 4.49. The van der Waals surface area contributed by atoms with Crippen molar-refractivity contribution in [2.45, 2.75) is 6.04 Å². The number of ether oxygens (including phenoxy) is 2. The van der Waals surface area contributed by atoms with E-state index in [1.54, 1.807) is 24.1 Å². The van der Waals surface area contributed by atoms with Crippen molar-refractivity contribution in [3.63, 3.8) is 0 Å². The second-order valence-corrected chi connectivity index (χ2v) is 6.46. The van der Waals surface area contributed by atoms with Gasteiger partial charge in [-0.1, -0.05) is 6.07 Å². The molecule has 0 saturated carbocycles. The molecule has 25 heavy (non-hydrogen) atoms. The Balaban J connectivity index is 1.72. The number of methoxy groups -OCH3 is 1. The third kappa shape index (κ3) is 4.40. The summed E-state index contributed by atoms with van der Waals surface area (Å²) in [7, 11) is 1.58. The van der Waals surface area contributed by atoms with E-state index in [9.17, 15) is 9.59 Å². The maximum atomic E-state index is 12.8. The fourth-order valence-electron chi connectivity index (χ4n) is 3.41. The number of aliphatic carboxylic acids is 1. The fraction of sp³-hybridized carbons (Fsp3) is 0.529. The second-order valence-electron chi connectivity index (χ2n) is 6.46. The van der Waals surface area contributed by atoms with Crippen LogP contribution >= 0.6 is 0 Å². The number of carbonyl (C=O) groups excluding carboxylic acids is 1. The standard InChI is InChI=1S/C17H23N3O5/c1-24-15-4-2-3-13(5-15)18-17(23)20-7-12-6-19(9-16(21)22)8-14(20)11-25-10-12/h2-5,12,14H,6-11H2,1H3,(H,18,23)(H,21,22)/t12-,14-/m0/s1. The van der Waals surface area contributed by atoms with Crippen LogP contribution in [0.25, 0.3) is 0 Å². The zero-order chi connectivity index (χ0) is 17.8. The van der Waals surface area contributed by atoms with Crippen molar-refractivity contribution < 1.29 is 24.2 Å². The number of hydrogen-bond acceptors (Lipinski definition) is 5. The molecule has 1 aromatic rings. The summed E-state index contributed by atoms with van der Waals surface area (Å²) in [4.78, 5) is 27.5. The highest BCUT2D eigenvalue weighted by Gasteiger charge is 2.36. The monoisotopic (exact) mass is 349 g/mol. The zero-order valence-electron chi connectivity index (χ0n) is 14.2. The van der Waals surface area contributed by atoms with Crippen molar-refractivity contribution in [3.8, 4) is 5.75 Å². The number of carboxylic acids is 1. The van der Waals surface area contributed by atoms with Crippen LogP contribution < -0.4 is 10.1 Å². The van der Waals surface area contributed by atoms with Crippen LogP contribution in [0.1, 0.15) is 0 Å². The van der Waals surface area contributed by atoms with Gasteiger partial charge in [0.25, 0.3) is 0 Å². The van der Waals surface area contributed by atoms with E-state index in [0.717, 1.165) is 0 Å². The molecule has 0 aliphatic carbocycles. The van der Waals surface area contributed by atoms with Crippen LogP contribution in [0, 0.1) is 5.92 Å². The summed E-state index contributed by atoms with van der Waals surface area (Å²) >= 11 is 0. The highest BCUT2D eigenvalue weighted by Crippen LogP contribution is 2.22. The Hall–Kier alpha value is -2.32. The van der Waals surface area contributed by atoms with Gasteiger partial charge in [0.05, 0.1) is 32.9 Å². The summed E-state index contributed by atoms with van der Waals surface area (Å²) in [6.45, 7) is 2.60. The average molecular weight is 349 g/mol. The van der Waals surface area contributed by atoms with Crippen LogP contribution in [-0.4, -0.2) is 79.5 Å². The van der Waals surface area contributed by atoms with Gasteiger partial charge in [0.1, 0.15) is 5.75 Å². The molecule has 2 N–H and O–H groups in total. The van der Waals surface area contributed by atoms with E-state index in [-0.39, 0.29) is 24.5 Å². The van der Waals surface area contributed by atoms with E-state index in [1.165, 1.54) is 0 Å². The highest BCUT2D eigenvalue weighted by molar-refractivity contribution is 5.89. The molecule has 3 rings (SSSR count). The molecule has 2 fully saturated rings. The first-order valence-corrected chi connectivity index (χ1v) is 8.28. The SMILES string of the molecule is COc1cccc(NC(=O)N2C[C@H]3COC[C@@H]2CN(CC(=O)O)C3)c1. The highest BCUT2D eigenvalue weighted by atomic mass is 16.5. The molecule has 2 aliphatic heterocycles. The van der Waals surface area contributed by atoms with E-state index in [1.807, 2.05) is 17.0 Å². The summed E-state index contributed by atoms with van der Waals surface area (Å²) in [6.07, 6.45) is 0. The number of carbonyl (C=O) groups is 2. The Morgan fingerprint density at radius 3 is 2.92 bits per heavy atom. The minimum atomic E-state index is -0.853. The first-order chi connectivity index (χ1) is 12.0. The van der Waals surface area contributed by atoms with Gasteiger partial charge < -0.3 is 24.8 Å². The normalized spacial score (nSPS) is 23.6. The van der Waals surface area contributed by atoms with Gasteiger partial charge in [-0.15, -0.1) is 0 Å². The predicted molar refractivity (Wildman–Crippen MR) is 90.9 cm³/mol. The largest absolute Gasteiger partial charge is 0.497 e. The van der Waals surface area contributed by atoms with Crippen molar-refractivity contribution in [2.24, 2.45) is 5.92 Å². The van der Waals surface area contributed by atoms with E-state index in [2.05, 4.69) is 5.32 Å². The maximum Gasteiger partial charge on any atom is 0.322 e. The van der Waals surface area contributed by atoms with Gasteiger partial charge >= 0.3 is 12.0 Å². The predicted octanol–water partition coefficient (Wildman–Crippen LogP) is 0.944. The molecule has 8 heteroatoms. The topological polar surface area (TPSA) is 91.3 Å². The molecule has 2 atom stereocenters. The number of nitrogens with one attached hydrogen (secondary N) is 1. The quantitative estimate of drug-likeness (QED) is 0.841. The molecule has 2 heterocycles. The lowest BCUT2D eigenvalue weighted by atomic mass is 10.1. The van der Waals surface area contributed by atoms with Crippen LogP contribution in [0.5, 0.6) is 5.75 Å². The fourth-order valence-corrected chi connectivity index (χ4v) is 3.41. The number of rotatable bonds is 4. The first kappa shape index (κ1) is 17.5. The number of hydrogen-bond donors (Lipinski definition) is 2. The van der Waals surface area contributed by atoms with Crippen molar-refractivity contribution in [1.82, 2.24) is 9.80 Å². The molecule has 1 aromatic carbocycles. The minimum absolute atomic E-state index is 0.0155. The summed E-state index contributed by atoms with van der Waals surface area (Å²) in [5, 5.41) is 12.0. The van der Waals surface area contributed by atoms with E-state index in [0.29, 0.717) is 44.3 Å². The minimum Gasteiger partial charge on any atom is -0.497 e. The molecular formula is C17H23N3O5. The number of benzene rings is 1. The van der Waals surface area contributed by atoms with E-state index >= 15 is 0 Å². The summed E-state index contributed by atoms with van der Waals surface area (Å²) < 4.78 is 10.8. The van der Waals surface area contributed by atoms with Crippen LogP contribution in [0.2, 0.25) is 0 Å². The van der Waals surface area contributed by atoms with E-state index < -0.39 is 5.97 Å². The molecule has 2 aliphatic rings. The second kappa shape index (κ2) is 7.71. The molecule has 2 amide bonds. The lowest BCUT2D eigenvalue weighted by molar-refractivity contribution is -0.138. The smallest absolute Gasteiger partial charge is 0.322 e. The number of urea groups is 1. The van der Waals surface area contributed by atoms with Crippen LogP contribution in [-0.2, 0) is 9.53 Å². The van der Waals surface area contributed by atoms with Gasteiger partial charge in [-0.3, -0.25) is 9.69 Å². The molecule has 0 radical (unpaired) electrons. The Morgan fingerprint density at radius 2 is 2.16 bits per heavy atom.